The number of aromatic nitrogens is 2. The van der Waals surface area contributed by atoms with E-state index >= 15 is 0 Å². The van der Waals surface area contributed by atoms with Gasteiger partial charge in [0.05, 0.1) is 29.5 Å². The van der Waals surface area contributed by atoms with Gasteiger partial charge in [0.25, 0.3) is 0 Å². The van der Waals surface area contributed by atoms with Crippen LogP contribution < -0.4 is 0 Å². The first-order valence-corrected chi connectivity index (χ1v) is 14.0. The predicted molar refractivity (Wildman–Crippen MR) is 130 cm³/mol. The molecule has 5 fully saturated rings. The van der Waals surface area contributed by atoms with E-state index in [1.165, 1.54) is 44.9 Å². The topological polar surface area (TPSA) is 82.1 Å². The van der Waals surface area contributed by atoms with E-state index < -0.39 is 11.2 Å². The van der Waals surface area contributed by atoms with Gasteiger partial charge >= 0.3 is 0 Å². The molecule has 1 unspecified atom stereocenters. The molecule has 5 nitrogen and oxygen atoms in total. The van der Waals surface area contributed by atoms with Gasteiger partial charge < -0.3 is 10.2 Å². The fraction of sp³-hybridized carbons (Fsp3) is 0.862. The molecular formula is C29H43N3O2. The average molecular weight is 466 g/mol. The highest BCUT2D eigenvalue weighted by Gasteiger charge is 2.65. The third-order valence-electron chi connectivity index (χ3n) is 11.5. The summed E-state index contributed by atoms with van der Waals surface area (Å²) in [4.78, 5) is 0. The largest absolute Gasteiger partial charge is 0.390 e. The van der Waals surface area contributed by atoms with Crippen LogP contribution in [0.4, 0.5) is 0 Å². The lowest BCUT2D eigenvalue weighted by Crippen LogP contribution is -2.54. The molecule has 0 radical (unpaired) electrons. The number of fused-ring (bicyclic) bond motifs is 5. The summed E-state index contributed by atoms with van der Waals surface area (Å²) >= 11 is 0. The molecule has 5 heteroatoms. The van der Waals surface area contributed by atoms with Crippen LogP contribution in [0.15, 0.2) is 12.4 Å². The Morgan fingerprint density at radius 2 is 1.79 bits per heavy atom. The van der Waals surface area contributed by atoms with Crippen molar-refractivity contribution in [1.29, 1.82) is 5.26 Å². The first-order valence-electron chi connectivity index (χ1n) is 14.0. The van der Waals surface area contributed by atoms with Crippen LogP contribution in [0.25, 0.3) is 0 Å². The minimum atomic E-state index is -0.830. The van der Waals surface area contributed by atoms with Crippen molar-refractivity contribution in [3.05, 3.63) is 18.0 Å². The lowest BCUT2D eigenvalue weighted by Gasteiger charge is -2.58. The molecule has 186 valence electrons. The first-order chi connectivity index (χ1) is 16.1. The first kappa shape index (κ1) is 23.0. The van der Waals surface area contributed by atoms with Crippen LogP contribution >= 0.6 is 0 Å². The summed E-state index contributed by atoms with van der Waals surface area (Å²) < 4.78 is 1.78. The SMILES string of the molecule is C[C@@]1(O)CC[C@H]2[C@H](CC[C@@H]3[C@@H]2CC[C@@]2(C)[C@H]3C(C3CC3)C[C@@H]2[C@@](C)(O)Cn2cc(C#N)cn2)C1. The zero-order valence-electron chi connectivity index (χ0n) is 21.3. The van der Waals surface area contributed by atoms with Gasteiger partial charge in [-0.1, -0.05) is 6.92 Å². The number of nitriles is 1. The van der Waals surface area contributed by atoms with Gasteiger partial charge in [-0.25, -0.2) is 0 Å². The highest BCUT2D eigenvalue weighted by Crippen LogP contribution is 2.70. The fourth-order valence-electron chi connectivity index (χ4n) is 10.2. The van der Waals surface area contributed by atoms with Crippen molar-refractivity contribution in [3.63, 3.8) is 0 Å². The lowest BCUT2D eigenvalue weighted by atomic mass is 9.47. The van der Waals surface area contributed by atoms with Crippen molar-refractivity contribution in [3.8, 4) is 6.07 Å². The normalized spacial score (nSPS) is 47.7. The number of nitrogens with zero attached hydrogens (tertiary/aromatic N) is 3. The highest BCUT2D eigenvalue weighted by molar-refractivity contribution is 5.22. The third kappa shape index (κ3) is 3.66. The summed E-state index contributed by atoms with van der Waals surface area (Å²) in [7, 11) is 0. The molecule has 0 aliphatic heterocycles. The van der Waals surface area contributed by atoms with Crippen LogP contribution in [-0.2, 0) is 6.54 Å². The van der Waals surface area contributed by atoms with Crippen molar-refractivity contribution >= 4 is 0 Å². The van der Waals surface area contributed by atoms with E-state index in [0.717, 1.165) is 54.8 Å². The van der Waals surface area contributed by atoms with Crippen LogP contribution in [-0.4, -0.2) is 31.2 Å². The summed E-state index contributed by atoms with van der Waals surface area (Å²) in [5.41, 5.74) is -0.548. The smallest absolute Gasteiger partial charge is 0.102 e. The maximum Gasteiger partial charge on any atom is 0.102 e. The van der Waals surface area contributed by atoms with Crippen molar-refractivity contribution in [2.45, 2.75) is 103 Å². The lowest BCUT2D eigenvalue weighted by molar-refractivity contribution is -0.130. The average Bonchev–Trinajstić information content (AvgIpc) is 3.43. The van der Waals surface area contributed by atoms with Gasteiger partial charge in [0.15, 0.2) is 0 Å². The molecule has 5 saturated carbocycles. The van der Waals surface area contributed by atoms with Crippen LogP contribution in [0.3, 0.4) is 0 Å². The Kier molecular flexibility index (Phi) is 5.29. The molecule has 10 atom stereocenters. The van der Waals surface area contributed by atoms with E-state index in [0.29, 0.717) is 18.0 Å². The molecule has 5 aliphatic rings. The molecule has 1 aromatic rings. The molecule has 6 rings (SSSR count). The summed E-state index contributed by atoms with van der Waals surface area (Å²) in [5.74, 6) is 5.75. The molecule has 0 spiro atoms. The molecule has 0 amide bonds. The minimum absolute atomic E-state index is 0.177. The van der Waals surface area contributed by atoms with E-state index in [4.69, 9.17) is 0 Å². The van der Waals surface area contributed by atoms with Crippen molar-refractivity contribution < 1.29 is 10.2 Å². The predicted octanol–water partition coefficient (Wildman–Crippen LogP) is 5.16. The quantitative estimate of drug-likeness (QED) is 0.643. The molecule has 1 aromatic heterocycles. The number of aliphatic hydroxyl groups is 2. The van der Waals surface area contributed by atoms with Gasteiger partial charge in [0.2, 0.25) is 0 Å². The summed E-state index contributed by atoms with van der Waals surface area (Å²) in [6.07, 6.45) is 15.6. The molecule has 34 heavy (non-hydrogen) atoms. The zero-order valence-corrected chi connectivity index (χ0v) is 21.3. The Labute approximate surface area is 204 Å². The van der Waals surface area contributed by atoms with Crippen molar-refractivity contribution in [2.75, 3.05) is 0 Å². The van der Waals surface area contributed by atoms with Crippen LogP contribution in [0.5, 0.6) is 0 Å². The van der Waals surface area contributed by atoms with E-state index in [1.807, 2.05) is 6.92 Å². The minimum Gasteiger partial charge on any atom is -0.390 e. The van der Waals surface area contributed by atoms with Crippen molar-refractivity contribution in [2.24, 2.45) is 52.8 Å². The van der Waals surface area contributed by atoms with Gasteiger partial charge in [0.1, 0.15) is 6.07 Å². The molecule has 0 aromatic carbocycles. The van der Waals surface area contributed by atoms with Crippen LogP contribution in [0.2, 0.25) is 0 Å². The number of rotatable bonds is 4. The Morgan fingerprint density at radius 1 is 1.06 bits per heavy atom. The van der Waals surface area contributed by atoms with Crippen LogP contribution in [0, 0.1) is 64.1 Å². The number of hydrogen-bond acceptors (Lipinski definition) is 4. The Hall–Kier alpha value is -1.38. The van der Waals surface area contributed by atoms with Crippen LogP contribution in [0.1, 0.15) is 90.5 Å². The Bertz CT molecular complexity index is 972. The zero-order chi connectivity index (χ0) is 23.9. The molecule has 1 heterocycles. The monoisotopic (exact) mass is 465 g/mol. The van der Waals surface area contributed by atoms with Gasteiger partial charge in [-0.3, -0.25) is 4.68 Å². The Morgan fingerprint density at radius 3 is 2.50 bits per heavy atom. The molecular weight excluding hydrogens is 422 g/mol. The van der Waals surface area contributed by atoms with Gasteiger partial charge in [-0.15, -0.1) is 0 Å². The van der Waals surface area contributed by atoms with E-state index in [1.54, 1.807) is 17.1 Å². The maximum absolute atomic E-state index is 11.9. The summed E-state index contributed by atoms with van der Waals surface area (Å²) in [6, 6.07) is 2.16. The number of hydrogen-bond donors (Lipinski definition) is 2. The third-order valence-corrected chi connectivity index (χ3v) is 11.5. The second-order valence-electron chi connectivity index (χ2n) is 13.8. The molecule has 5 aliphatic carbocycles. The summed E-state index contributed by atoms with van der Waals surface area (Å²) in [5, 5.41) is 36.3. The maximum atomic E-state index is 11.9. The van der Waals surface area contributed by atoms with E-state index in [9.17, 15) is 15.5 Å². The standard InChI is InChI=1S/C29H43N3O2/c1-27(33)10-8-21-20(13-27)6-7-23-22(21)9-11-28(2)25(12-24(26(23)28)19-4-5-19)29(3,34)17-32-16-18(14-30)15-31-32/h15-16,19-26,33-34H,4-13,17H2,1-3H3/t20-,21+,22-,23-,24?,25+,26-,27-,28-,29+/m1/s1. The molecule has 0 bridgehead atoms. The molecule has 2 N–H and O–H groups in total. The Balaban J connectivity index is 1.28. The van der Waals surface area contributed by atoms with E-state index in [-0.39, 0.29) is 11.3 Å². The van der Waals surface area contributed by atoms with Crippen molar-refractivity contribution in [1.82, 2.24) is 9.78 Å². The molecule has 0 saturated heterocycles. The fourth-order valence-corrected chi connectivity index (χ4v) is 10.2. The van der Waals surface area contributed by atoms with Gasteiger partial charge in [0, 0.05) is 6.20 Å². The van der Waals surface area contributed by atoms with Gasteiger partial charge in [-0.05, 0) is 131 Å². The van der Waals surface area contributed by atoms with E-state index in [2.05, 4.69) is 25.0 Å². The highest BCUT2D eigenvalue weighted by atomic mass is 16.3. The summed E-state index contributed by atoms with van der Waals surface area (Å²) in [6.45, 7) is 7.08. The van der Waals surface area contributed by atoms with Gasteiger partial charge in [-0.2, -0.15) is 10.4 Å². The second-order valence-corrected chi connectivity index (χ2v) is 13.8. The second kappa shape index (κ2) is 7.81.